The molecule has 0 aromatic heterocycles. The number of unbranched alkanes of at least 4 members (excludes halogenated alkanes) is 1. The molecule has 152 valence electrons. The van der Waals surface area contributed by atoms with Gasteiger partial charge in [0.15, 0.2) is 0 Å². The molecule has 1 fully saturated rings. The van der Waals surface area contributed by atoms with Crippen LogP contribution in [0.2, 0.25) is 5.02 Å². The number of halogens is 1. The third-order valence-corrected chi connectivity index (χ3v) is 7.45. The molecule has 0 saturated carbocycles. The lowest BCUT2D eigenvalue weighted by Gasteiger charge is -2.26. The van der Waals surface area contributed by atoms with Gasteiger partial charge in [-0.25, -0.2) is 8.42 Å². The number of nitrogens with zero attached hydrogens (tertiary/aromatic N) is 1. The number of nitrogens with one attached hydrogen (secondary N) is 1. The minimum Gasteiger partial charge on any atom is -0.352 e. The first-order valence-corrected chi connectivity index (χ1v) is 11.8. The zero-order valence-corrected chi connectivity index (χ0v) is 17.9. The predicted octanol–water partition coefficient (Wildman–Crippen LogP) is 4.46. The molecule has 0 bridgehead atoms. The number of sulfonamides is 1. The average Bonchev–Trinajstić information content (AvgIpc) is 2.68. The first-order chi connectivity index (χ1) is 12.9. The molecule has 7 heteroatoms. The molecular weight excluding hydrogens is 384 g/mol. The van der Waals surface area contributed by atoms with Gasteiger partial charge in [0, 0.05) is 19.6 Å². The lowest BCUT2D eigenvalue weighted by atomic mass is 9.99. The van der Waals surface area contributed by atoms with Crippen LogP contribution < -0.4 is 5.32 Å². The van der Waals surface area contributed by atoms with Gasteiger partial charge in [0.25, 0.3) is 5.91 Å². The van der Waals surface area contributed by atoms with Gasteiger partial charge < -0.3 is 5.32 Å². The second kappa shape index (κ2) is 10.4. The summed E-state index contributed by atoms with van der Waals surface area (Å²) in [5.74, 6) is 0.110. The van der Waals surface area contributed by atoms with Gasteiger partial charge in [-0.05, 0) is 43.4 Å². The fraction of sp³-hybridized carbons (Fsp3) is 0.650. The van der Waals surface area contributed by atoms with E-state index in [1.807, 2.05) is 0 Å². The zero-order chi connectivity index (χ0) is 19.9. The van der Waals surface area contributed by atoms with Crippen molar-refractivity contribution >= 4 is 27.5 Å². The van der Waals surface area contributed by atoms with Crippen LogP contribution in [0.4, 0.5) is 0 Å². The summed E-state index contributed by atoms with van der Waals surface area (Å²) in [4.78, 5) is 12.7. The molecule has 0 spiro atoms. The molecule has 1 saturated heterocycles. The van der Waals surface area contributed by atoms with Crippen LogP contribution in [0.5, 0.6) is 0 Å². The fourth-order valence-corrected chi connectivity index (χ4v) is 5.12. The largest absolute Gasteiger partial charge is 0.352 e. The number of benzene rings is 1. The molecule has 2 rings (SSSR count). The monoisotopic (exact) mass is 414 g/mol. The number of amides is 1. The molecule has 5 nitrogen and oxygen atoms in total. The van der Waals surface area contributed by atoms with Gasteiger partial charge in [-0.1, -0.05) is 51.1 Å². The van der Waals surface area contributed by atoms with Crippen LogP contribution in [0, 0.1) is 5.92 Å². The quantitative estimate of drug-likeness (QED) is 0.648. The molecule has 1 heterocycles. The van der Waals surface area contributed by atoms with Crippen LogP contribution in [-0.2, 0) is 10.0 Å². The first kappa shape index (κ1) is 22.2. The highest BCUT2D eigenvalue weighted by Crippen LogP contribution is 2.25. The summed E-state index contributed by atoms with van der Waals surface area (Å²) >= 11 is 6.19. The van der Waals surface area contributed by atoms with Crippen LogP contribution in [0.3, 0.4) is 0 Å². The molecule has 1 aliphatic rings. The van der Waals surface area contributed by atoms with E-state index in [2.05, 4.69) is 19.2 Å². The van der Waals surface area contributed by atoms with Crippen LogP contribution >= 0.6 is 11.6 Å². The van der Waals surface area contributed by atoms with Crippen LogP contribution in [0.1, 0.15) is 69.2 Å². The summed E-state index contributed by atoms with van der Waals surface area (Å²) in [5, 5.41) is 3.20. The molecule has 27 heavy (non-hydrogen) atoms. The lowest BCUT2D eigenvalue weighted by Crippen LogP contribution is -2.36. The zero-order valence-electron chi connectivity index (χ0n) is 16.3. The Morgan fingerprint density at radius 1 is 1.22 bits per heavy atom. The molecule has 1 atom stereocenters. The molecule has 1 aliphatic heterocycles. The summed E-state index contributed by atoms with van der Waals surface area (Å²) in [6.45, 7) is 5.91. The number of hydrogen-bond acceptors (Lipinski definition) is 3. The predicted molar refractivity (Wildman–Crippen MR) is 110 cm³/mol. The third-order valence-electron chi connectivity index (χ3n) is 5.23. The highest BCUT2D eigenvalue weighted by atomic mass is 35.5. The van der Waals surface area contributed by atoms with Gasteiger partial charge in [0.05, 0.1) is 15.5 Å². The van der Waals surface area contributed by atoms with Gasteiger partial charge in [-0.15, -0.1) is 0 Å². The number of carbonyl (C=O) groups is 1. The number of carbonyl (C=O) groups excluding carboxylic acids is 1. The number of rotatable bonds is 9. The molecule has 0 aliphatic carbocycles. The van der Waals surface area contributed by atoms with E-state index in [0.717, 1.165) is 44.9 Å². The van der Waals surface area contributed by atoms with Crippen molar-refractivity contribution in [2.24, 2.45) is 5.92 Å². The number of piperidine rings is 1. The first-order valence-electron chi connectivity index (χ1n) is 9.98. The smallest absolute Gasteiger partial charge is 0.252 e. The van der Waals surface area contributed by atoms with Gasteiger partial charge in [0.1, 0.15) is 0 Å². The van der Waals surface area contributed by atoms with Crippen molar-refractivity contribution in [3.8, 4) is 0 Å². The molecule has 0 radical (unpaired) electrons. The minimum atomic E-state index is -3.59. The van der Waals surface area contributed by atoms with Crippen LogP contribution in [-0.4, -0.2) is 38.3 Å². The second-order valence-electron chi connectivity index (χ2n) is 7.23. The standard InChI is InChI=1S/C20H31ClN2O3S/c1-3-5-9-16(4-2)15-22-20(24)18-14-17(10-11-19(18)21)27(25,26)23-12-7-6-8-13-23/h10-11,14,16H,3-9,12-13,15H2,1-2H3,(H,22,24). The normalized spacial score (nSPS) is 16.9. The summed E-state index contributed by atoms with van der Waals surface area (Å²) < 4.78 is 27.2. The summed E-state index contributed by atoms with van der Waals surface area (Å²) in [7, 11) is -3.59. The van der Waals surface area contributed by atoms with Crippen molar-refractivity contribution in [3.63, 3.8) is 0 Å². The van der Waals surface area contributed by atoms with Crippen molar-refractivity contribution < 1.29 is 13.2 Å². The average molecular weight is 415 g/mol. The Morgan fingerprint density at radius 3 is 2.56 bits per heavy atom. The SMILES string of the molecule is CCCCC(CC)CNC(=O)c1cc(S(=O)(=O)N2CCCCC2)ccc1Cl. The lowest BCUT2D eigenvalue weighted by molar-refractivity contribution is 0.0945. The summed E-state index contributed by atoms with van der Waals surface area (Å²) in [6, 6.07) is 4.40. The fourth-order valence-electron chi connectivity index (χ4n) is 3.37. The van der Waals surface area contributed by atoms with E-state index in [4.69, 9.17) is 11.6 Å². The molecular formula is C20H31ClN2O3S. The van der Waals surface area contributed by atoms with Crippen molar-refractivity contribution in [3.05, 3.63) is 28.8 Å². The van der Waals surface area contributed by atoms with Gasteiger partial charge in [-0.2, -0.15) is 4.31 Å². The van der Waals surface area contributed by atoms with E-state index in [9.17, 15) is 13.2 Å². The Hall–Kier alpha value is -1.11. The van der Waals surface area contributed by atoms with Crippen LogP contribution in [0.15, 0.2) is 23.1 Å². The molecule has 1 aromatic rings. The Balaban J connectivity index is 2.12. The Bertz CT molecular complexity index is 731. The summed E-state index contributed by atoms with van der Waals surface area (Å²) in [5.41, 5.74) is 0.222. The Morgan fingerprint density at radius 2 is 1.93 bits per heavy atom. The van der Waals surface area contributed by atoms with E-state index < -0.39 is 10.0 Å². The van der Waals surface area contributed by atoms with E-state index in [1.165, 1.54) is 22.5 Å². The van der Waals surface area contributed by atoms with Gasteiger partial charge >= 0.3 is 0 Å². The van der Waals surface area contributed by atoms with Crippen LogP contribution in [0.25, 0.3) is 0 Å². The maximum Gasteiger partial charge on any atom is 0.252 e. The maximum atomic E-state index is 12.9. The minimum absolute atomic E-state index is 0.136. The Kier molecular flexibility index (Phi) is 8.58. The van der Waals surface area contributed by atoms with Crippen molar-refractivity contribution in [2.45, 2.75) is 63.7 Å². The van der Waals surface area contributed by atoms with E-state index in [0.29, 0.717) is 25.6 Å². The summed E-state index contributed by atoms with van der Waals surface area (Å²) in [6.07, 6.45) is 7.14. The third kappa shape index (κ3) is 5.93. The van der Waals surface area contributed by atoms with Crippen molar-refractivity contribution in [2.75, 3.05) is 19.6 Å². The van der Waals surface area contributed by atoms with E-state index in [1.54, 1.807) is 0 Å². The second-order valence-corrected chi connectivity index (χ2v) is 9.58. The number of hydrogen-bond donors (Lipinski definition) is 1. The highest BCUT2D eigenvalue weighted by molar-refractivity contribution is 7.89. The molecule has 1 amide bonds. The van der Waals surface area contributed by atoms with Crippen molar-refractivity contribution in [1.82, 2.24) is 9.62 Å². The molecule has 1 N–H and O–H groups in total. The van der Waals surface area contributed by atoms with Gasteiger partial charge in [0.2, 0.25) is 10.0 Å². The van der Waals surface area contributed by atoms with Gasteiger partial charge in [-0.3, -0.25) is 4.79 Å². The van der Waals surface area contributed by atoms with E-state index >= 15 is 0 Å². The Labute approximate surface area is 168 Å². The topological polar surface area (TPSA) is 66.5 Å². The molecule has 1 aromatic carbocycles. The van der Waals surface area contributed by atoms with E-state index in [-0.39, 0.29) is 21.4 Å². The highest BCUT2D eigenvalue weighted by Gasteiger charge is 2.27. The van der Waals surface area contributed by atoms with Crippen molar-refractivity contribution in [1.29, 1.82) is 0 Å². The maximum absolute atomic E-state index is 12.9. The molecule has 1 unspecified atom stereocenters.